The van der Waals surface area contributed by atoms with Gasteiger partial charge in [-0.2, -0.15) is 0 Å². The summed E-state index contributed by atoms with van der Waals surface area (Å²) < 4.78 is 0. The molecule has 2 rings (SSSR count). The van der Waals surface area contributed by atoms with E-state index in [4.69, 9.17) is 11.6 Å². The Kier molecular flexibility index (Phi) is 9.88. The average molecular weight is 349 g/mol. The van der Waals surface area contributed by atoms with Crippen LogP contribution in [0, 0.1) is 11.8 Å². The number of hydrogen-bond donors (Lipinski definition) is 0. The molecule has 24 heavy (non-hydrogen) atoms. The zero-order valence-electron chi connectivity index (χ0n) is 15.7. The molecule has 1 saturated carbocycles. The van der Waals surface area contributed by atoms with E-state index in [-0.39, 0.29) is 0 Å². The van der Waals surface area contributed by atoms with Gasteiger partial charge in [0.1, 0.15) is 0 Å². The lowest BCUT2D eigenvalue weighted by molar-refractivity contribution is 0.250. The maximum Gasteiger partial charge on any atom is 0.0223 e. The number of unbranched alkanes of at least 4 members (excludes halogenated alkanes) is 3. The van der Waals surface area contributed by atoms with Gasteiger partial charge in [-0.1, -0.05) is 82.6 Å². The van der Waals surface area contributed by atoms with E-state index in [0.717, 1.165) is 17.7 Å². The van der Waals surface area contributed by atoms with Crippen LogP contribution >= 0.6 is 11.6 Å². The molecule has 0 heterocycles. The molecule has 0 N–H and O–H groups in total. The van der Waals surface area contributed by atoms with Crippen LogP contribution in [0.1, 0.15) is 88.7 Å². The Labute approximate surface area is 155 Å². The third-order valence-electron chi connectivity index (χ3n) is 5.90. The lowest BCUT2D eigenvalue weighted by Gasteiger charge is -2.28. The molecule has 1 aliphatic carbocycles. The zero-order valence-corrected chi connectivity index (χ0v) is 16.5. The lowest BCUT2D eigenvalue weighted by atomic mass is 9.78. The topological polar surface area (TPSA) is 0 Å². The van der Waals surface area contributed by atoms with E-state index >= 15 is 0 Å². The summed E-state index contributed by atoms with van der Waals surface area (Å²) >= 11 is 5.78. The normalized spacial score (nSPS) is 21.1. The van der Waals surface area contributed by atoms with Crippen LogP contribution in [0.4, 0.5) is 0 Å². The Bertz CT molecular complexity index is 414. The predicted molar refractivity (Wildman–Crippen MR) is 108 cm³/mol. The molecule has 0 saturated heterocycles. The average Bonchev–Trinajstić information content (AvgIpc) is 2.63. The van der Waals surface area contributed by atoms with Crippen LogP contribution in [0.25, 0.3) is 0 Å². The van der Waals surface area contributed by atoms with Gasteiger partial charge in [-0.15, -0.1) is 11.6 Å². The first kappa shape index (κ1) is 19.8. The van der Waals surface area contributed by atoms with E-state index in [1.54, 1.807) is 5.56 Å². The van der Waals surface area contributed by atoms with Gasteiger partial charge in [0.05, 0.1) is 0 Å². The van der Waals surface area contributed by atoms with Gasteiger partial charge in [0, 0.05) is 5.88 Å². The fourth-order valence-corrected chi connectivity index (χ4v) is 4.35. The van der Waals surface area contributed by atoms with Gasteiger partial charge >= 0.3 is 0 Å². The quantitative estimate of drug-likeness (QED) is 0.285. The Hall–Kier alpha value is -0.490. The Morgan fingerprint density at radius 3 is 1.92 bits per heavy atom. The Morgan fingerprint density at radius 1 is 0.750 bits per heavy atom. The first-order valence-electron chi connectivity index (χ1n) is 10.5. The summed E-state index contributed by atoms with van der Waals surface area (Å²) in [5.41, 5.74) is 3.06. The largest absolute Gasteiger partial charge is 0.127 e. The second kappa shape index (κ2) is 12.0. The van der Waals surface area contributed by atoms with Gasteiger partial charge in [-0.3, -0.25) is 0 Å². The molecule has 1 fully saturated rings. The number of benzene rings is 1. The minimum absolute atomic E-state index is 0.840. The molecule has 0 aromatic heterocycles. The number of hydrogen-bond acceptors (Lipinski definition) is 0. The van der Waals surface area contributed by atoms with Crippen molar-refractivity contribution in [3.05, 3.63) is 35.4 Å². The number of alkyl halides is 1. The predicted octanol–water partition coefficient (Wildman–Crippen LogP) is 7.57. The second-order valence-corrected chi connectivity index (χ2v) is 8.26. The van der Waals surface area contributed by atoms with E-state index in [1.807, 2.05) is 0 Å². The highest BCUT2D eigenvalue weighted by molar-refractivity contribution is 6.17. The van der Waals surface area contributed by atoms with E-state index in [2.05, 4.69) is 31.2 Å². The minimum Gasteiger partial charge on any atom is -0.127 e. The van der Waals surface area contributed by atoms with Crippen LogP contribution in [-0.4, -0.2) is 5.88 Å². The molecule has 0 aliphatic heterocycles. The van der Waals surface area contributed by atoms with Crippen LogP contribution in [-0.2, 0) is 12.8 Å². The second-order valence-electron chi connectivity index (χ2n) is 7.88. The summed E-state index contributed by atoms with van der Waals surface area (Å²) in [6, 6.07) is 9.47. The van der Waals surface area contributed by atoms with Crippen molar-refractivity contribution in [1.29, 1.82) is 0 Å². The van der Waals surface area contributed by atoms with Crippen molar-refractivity contribution in [1.82, 2.24) is 0 Å². The summed E-state index contributed by atoms with van der Waals surface area (Å²) in [5, 5.41) is 0. The molecule has 1 aliphatic rings. The maximum absolute atomic E-state index is 5.78. The van der Waals surface area contributed by atoms with Gasteiger partial charge in [0.15, 0.2) is 0 Å². The smallest absolute Gasteiger partial charge is 0.0223 e. The molecule has 0 unspecified atom stereocenters. The van der Waals surface area contributed by atoms with Crippen molar-refractivity contribution < 1.29 is 0 Å². The maximum atomic E-state index is 5.78. The van der Waals surface area contributed by atoms with Crippen molar-refractivity contribution in [3.8, 4) is 0 Å². The molecule has 0 atom stereocenters. The molecular formula is C23H37Cl. The zero-order chi connectivity index (χ0) is 17.0. The SMILES string of the molecule is CCCCCc1ccc(CCC2CCC(CCCCCl)CC2)cc1. The summed E-state index contributed by atoms with van der Waals surface area (Å²) in [7, 11) is 0. The molecule has 0 spiro atoms. The van der Waals surface area contributed by atoms with Gasteiger partial charge in [-0.25, -0.2) is 0 Å². The van der Waals surface area contributed by atoms with E-state index < -0.39 is 0 Å². The van der Waals surface area contributed by atoms with E-state index in [0.29, 0.717) is 0 Å². The van der Waals surface area contributed by atoms with E-state index in [1.165, 1.54) is 89.0 Å². The monoisotopic (exact) mass is 348 g/mol. The summed E-state index contributed by atoms with van der Waals surface area (Å²) in [6.45, 7) is 2.27. The number of aryl methyl sites for hydroxylation is 2. The first-order valence-corrected chi connectivity index (χ1v) is 11.0. The number of rotatable bonds is 11. The van der Waals surface area contributed by atoms with Gasteiger partial charge in [0.25, 0.3) is 0 Å². The van der Waals surface area contributed by atoms with Crippen molar-refractivity contribution >= 4 is 11.6 Å². The lowest BCUT2D eigenvalue weighted by Crippen LogP contribution is -2.15. The molecule has 136 valence electrons. The van der Waals surface area contributed by atoms with Crippen LogP contribution in [0.5, 0.6) is 0 Å². The van der Waals surface area contributed by atoms with Gasteiger partial charge < -0.3 is 0 Å². The standard InChI is InChI=1S/C23H37Cl/c1-2-3-4-7-20-9-13-22(14-10-20)17-18-23-15-11-21(12-16-23)8-5-6-19-24/h9-10,13-14,21,23H,2-8,11-12,15-19H2,1H3. The molecule has 1 heteroatoms. The van der Waals surface area contributed by atoms with Crippen LogP contribution in [0.3, 0.4) is 0 Å². The highest BCUT2D eigenvalue weighted by atomic mass is 35.5. The summed E-state index contributed by atoms with van der Waals surface area (Å²) in [5.74, 6) is 2.80. The van der Waals surface area contributed by atoms with Crippen LogP contribution < -0.4 is 0 Å². The Morgan fingerprint density at radius 2 is 1.33 bits per heavy atom. The molecule has 1 aromatic rings. The van der Waals surface area contributed by atoms with E-state index in [9.17, 15) is 0 Å². The van der Waals surface area contributed by atoms with Crippen molar-refractivity contribution in [2.45, 2.75) is 90.4 Å². The molecule has 0 bridgehead atoms. The van der Waals surface area contributed by atoms with Crippen molar-refractivity contribution in [3.63, 3.8) is 0 Å². The number of halogens is 1. The third kappa shape index (κ3) is 7.60. The Balaban J connectivity index is 1.62. The molecule has 0 nitrogen and oxygen atoms in total. The minimum atomic E-state index is 0.840. The highest BCUT2D eigenvalue weighted by Crippen LogP contribution is 2.34. The van der Waals surface area contributed by atoms with Crippen molar-refractivity contribution in [2.24, 2.45) is 11.8 Å². The molecule has 0 amide bonds. The fourth-order valence-electron chi connectivity index (χ4n) is 4.16. The van der Waals surface area contributed by atoms with Crippen molar-refractivity contribution in [2.75, 3.05) is 5.88 Å². The highest BCUT2D eigenvalue weighted by Gasteiger charge is 2.20. The van der Waals surface area contributed by atoms with Crippen LogP contribution in [0.15, 0.2) is 24.3 Å². The van der Waals surface area contributed by atoms with Crippen LogP contribution in [0.2, 0.25) is 0 Å². The molecular weight excluding hydrogens is 312 g/mol. The summed E-state index contributed by atoms with van der Waals surface area (Å²) in [4.78, 5) is 0. The van der Waals surface area contributed by atoms with Gasteiger partial charge in [0.2, 0.25) is 0 Å². The third-order valence-corrected chi connectivity index (χ3v) is 6.16. The molecule has 1 aromatic carbocycles. The van der Waals surface area contributed by atoms with Gasteiger partial charge in [-0.05, 0) is 55.1 Å². The first-order chi connectivity index (χ1) is 11.8. The summed E-state index contributed by atoms with van der Waals surface area (Å²) in [6.07, 6.45) is 17.7. The fraction of sp³-hybridized carbons (Fsp3) is 0.739. The molecule has 0 radical (unpaired) electrons.